The molecule has 0 amide bonds. The van der Waals surface area contributed by atoms with Gasteiger partial charge >= 0.3 is 0 Å². The van der Waals surface area contributed by atoms with Gasteiger partial charge in [0.1, 0.15) is 5.75 Å². The molecular weight excluding hydrogens is 488 g/mol. The zero-order valence-corrected chi connectivity index (χ0v) is 15.8. The van der Waals surface area contributed by atoms with E-state index in [0.717, 1.165) is 25.0 Å². The Morgan fingerprint density at radius 3 is 2.53 bits per heavy atom. The first kappa shape index (κ1) is 16.9. The molecule has 0 aromatic heterocycles. The molecule has 7 heteroatoms. The molecule has 0 unspecified atom stereocenters. The maximum Gasteiger partial charge on any atom is 0.186 e. The molecule has 0 fully saturated rings. The second-order valence-corrected chi connectivity index (χ2v) is 6.21. The van der Waals surface area contributed by atoms with Gasteiger partial charge in [-0.2, -0.15) is 5.10 Å². The smallest absolute Gasteiger partial charge is 0.186 e. The zero-order valence-electron chi connectivity index (χ0n) is 10.7. The lowest BCUT2D eigenvalue weighted by Gasteiger charge is -2.09. The molecule has 104 valence electrons. The predicted octanol–water partition coefficient (Wildman–Crippen LogP) is 3.11. The minimum Gasteiger partial charge on any atom is -0.492 e. The van der Waals surface area contributed by atoms with Gasteiger partial charge in [-0.3, -0.25) is 5.43 Å². The Kier molecular flexibility index (Phi) is 7.91. The third kappa shape index (κ3) is 5.78. The SMILES string of the molecule is CCNC(=S)N/N=C\c1cc(I)c(OCC)c(I)c1. The molecule has 0 aliphatic carbocycles. The number of rotatable bonds is 5. The van der Waals surface area contributed by atoms with Crippen molar-refractivity contribution in [3.8, 4) is 5.75 Å². The summed E-state index contributed by atoms with van der Waals surface area (Å²) in [5.74, 6) is 0.928. The van der Waals surface area contributed by atoms with E-state index in [0.29, 0.717) is 11.7 Å². The summed E-state index contributed by atoms with van der Waals surface area (Å²) >= 11 is 9.54. The highest BCUT2D eigenvalue weighted by Crippen LogP contribution is 2.28. The quantitative estimate of drug-likeness (QED) is 0.281. The summed E-state index contributed by atoms with van der Waals surface area (Å²) < 4.78 is 7.73. The first-order valence-electron chi connectivity index (χ1n) is 5.77. The zero-order chi connectivity index (χ0) is 14.3. The Hall–Kier alpha value is -0.160. The van der Waals surface area contributed by atoms with Crippen molar-refractivity contribution in [2.24, 2.45) is 5.10 Å². The molecule has 0 bridgehead atoms. The first-order valence-corrected chi connectivity index (χ1v) is 8.33. The molecule has 2 N–H and O–H groups in total. The molecule has 0 saturated carbocycles. The summed E-state index contributed by atoms with van der Waals surface area (Å²) in [5, 5.41) is 7.58. The van der Waals surface area contributed by atoms with Crippen LogP contribution in [0.5, 0.6) is 5.75 Å². The predicted molar refractivity (Wildman–Crippen MR) is 100 cm³/mol. The standard InChI is InChI=1S/C12H15I2N3OS/c1-3-15-12(19)17-16-7-8-5-9(13)11(18-4-2)10(14)6-8/h5-7H,3-4H2,1-2H3,(H2,15,17,19)/b16-7-. The summed E-state index contributed by atoms with van der Waals surface area (Å²) in [7, 11) is 0. The van der Waals surface area contributed by atoms with Crippen molar-refractivity contribution >= 4 is 68.7 Å². The third-order valence-electron chi connectivity index (χ3n) is 2.03. The fourth-order valence-electron chi connectivity index (χ4n) is 1.30. The van der Waals surface area contributed by atoms with Crippen LogP contribution in [-0.4, -0.2) is 24.5 Å². The Bertz CT molecular complexity index is 457. The van der Waals surface area contributed by atoms with E-state index in [1.807, 2.05) is 26.0 Å². The van der Waals surface area contributed by atoms with E-state index in [2.05, 4.69) is 61.0 Å². The lowest BCUT2D eigenvalue weighted by Crippen LogP contribution is -2.31. The molecule has 1 rings (SSSR count). The van der Waals surface area contributed by atoms with Crippen LogP contribution in [0.15, 0.2) is 17.2 Å². The summed E-state index contributed by atoms with van der Waals surface area (Å²) in [6.07, 6.45) is 1.74. The molecule has 0 atom stereocenters. The van der Waals surface area contributed by atoms with Crippen LogP contribution in [0.3, 0.4) is 0 Å². The number of nitrogens with one attached hydrogen (secondary N) is 2. The number of ether oxygens (including phenoxy) is 1. The van der Waals surface area contributed by atoms with Gasteiger partial charge in [-0.1, -0.05) is 0 Å². The fourth-order valence-corrected chi connectivity index (χ4v) is 3.63. The molecule has 0 spiro atoms. The number of benzene rings is 1. The molecule has 1 aromatic rings. The number of halogens is 2. The normalized spacial score (nSPS) is 10.5. The topological polar surface area (TPSA) is 45.7 Å². The highest BCUT2D eigenvalue weighted by molar-refractivity contribution is 14.1. The van der Waals surface area contributed by atoms with E-state index in [4.69, 9.17) is 17.0 Å². The lowest BCUT2D eigenvalue weighted by molar-refractivity contribution is 0.335. The van der Waals surface area contributed by atoms with E-state index in [1.54, 1.807) is 6.21 Å². The maximum absolute atomic E-state index is 5.59. The van der Waals surface area contributed by atoms with Crippen molar-refractivity contribution in [2.75, 3.05) is 13.2 Å². The van der Waals surface area contributed by atoms with Crippen LogP contribution in [0, 0.1) is 7.14 Å². The summed E-state index contributed by atoms with van der Waals surface area (Å²) in [5.41, 5.74) is 3.77. The number of nitrogens with zero attached hydrogens (tertiary/aromatic N) is 1. The third-order valence-corrected chi connectivity index (χ3v) is 3.86. The van der Waals surface area contributed by atoms with Crippen molar-refractivity contribution in [2.45, 2.75) is 13.8 Å². The van der Waals surface area contributed by atoms with Crippen LogP contribution in [0.25, 0.3) is 0 Å². The van der Waals surface area contributed by atoms with Gasteiger partial charge in [-0.25, -0.2) is 0 Å². The van der Waals surface area contributed by atoms with Crippen LogP contribution in [0.1, 0.15) is 19.4 Å². The summed E-state index contributed by atoms with van der Waals surface area (Å²) in [4.78, 5) is 0. The van der Waals surface area contributed by atoms with Crippen molar-refractivity contribution < 1.29 is 4.74 Å². The number of hydrogen-bond acceptors (Lipinski definition) is 3. The van der Waals surface area contributed by atoms with Crippen LogP contribution < -0.4 is 15.5 Å². The Morgan fingerprint density at radius 2 is 2.00 bits per heavy atom. The molecule has 0 aliphatic rings. The second kappa shape index (κ2) is 8.90. The molecule has 0 radical (unpaired) electrons. The van der Waals surface area contributed by atoms with Gasteiger partial charge in [0.05, 0.1) is 20.0 Å². The van der Waals surface area contributed by atoms with Crippen molar-refractivity contribution in [1.29, 1.82) is 0 Å². The van der Waals surface area contributed by atoms with Crippen LogP contribution in [0.4, 0.5) is 0 Å². The van der Waals surface area contributed by atoms with Gasteiger partial charge in [0.15, 0.2) is 5.11 Å². The second-order valence-electron chi connectivity index (χ2n) is 3.48. The average molecular weight is 503 g/mol. The highest BCUT2D eigenvalue weighted by atomic mass is 127. The maximum atomic E-state index is 5.59. The summed E-state index contributed by atoms with van der Waals surface area (Å²) in [6, 6.07) is 4.05. The molecule has 0 heterocycles. The van der Waals surface area contributed by atoms with Crippen molar-refractivity contribution in [3.63, 3.8) is 0 Å². The number of thiocarbonyl (C=S) groups is 1. The Balaban J connectivity index is 2.75. The van der Waals surface area contributed by atoms with E-state index in [9.17, 15) is 0 Å². The first-order chi connectivity index (χ1) is 9.08. The van der Waals surface area contributed by atoms with Gasteiger partial charge in [0, 0.05) is 6.54 Å². The largest absolute Gasteiger partial charge is 0.492 e. The Morgan fingerprint density at radius 1 is 1.37 bits per heavy atom. The molecule has 1 aromatic carbocycles. The van der Waals surface area contributed by atoms with E-state index < -0.39 is 0 Å². The van der Waals surface area contributed by atoms with Crippen molar-refractivity contribution in [3.05, 3.63) is 24.8 Å². The van der Waals surface area contributed by atoms with Gasteiger partial charge in [-0.15, -0.1) is 0 Å². The molecule has 4 nitrogen and oxygen atoms in total. The van der Waals surface area contributed by atoms with Crippen LogP contribution in [-0.2, 0) is 0 Å². The molecule has 0 aliphatic heterocycles. The minimum absolute atomic E-state index is 0.522. The van der Waals surface area contributed by atoms with E-state index in [1.165, 1.54) is 0 Å². The van der Waals surface area contributed by atoms with Gasteiger partial charge in [-0.05, 0) is 88.9 Å². The van der Waals surface area contributed by atoms with E-state index in [-0.39, 0.29) is 0 Å². The van der Waals surface area contributed by atoms with Gasteiger partial charge in [0.2, 0.25) is 0 Å². The van der Waals surface area contributed by atoms with Crippen molar-refractivity contribution in [1.82, 2.24) is 10.7 Å². The molecule has 19 heavy (non-hydrogen) atoms. The molecular formula is C12H15I2N3OS. The fraction of sp³-hybridized carbons (Fsp3) is 0.333. The lowest BCUT2D eigenvalue weighted by atomic mass is 10.2. The number of hydrazone groups is 1. The highest BCUT2D eigenvalue weighted by Gasteiger charge is 2.07. The number of hydrogen-bond donors (Lipinski definition) is 2. The summed E-state index contributed by atoms with van der Waals surface area (Å²) in [6.45, 7) is 5.40. The molecule has 0 saturated heterocycles. The van der Waals surface area contributed by atoms with Crippen LogP contribution in [0.2, 0.25) is 0 Å². The van der Waals surface area contributed by atoms with Gasteiger partial charge < -0.3 is 10.1 Å². The average Bonchev–Trinajstić information content (AvgIpc) is 2.34. The van der Waals surface area contributed by atoms with Gasteiger partial charge in [0.25, 0.3) is 0 Å². The minimum atomic E-state index is 0.522. The van der Waals surface area contributed by atoms with E-state index >= 15 is 0 Å². The van der Waals surface area contributed by atoms with Crippen LogP contribution >= 0.6 is 57.4 Å². The Labute approximate surface area is 146 Å². The monoisotopic (exact) mass is 503 g/mol.